The minimum Gasteiger partial charge on any atom is -0.380 e. The maximum atomic E-state index is 13.0. The number of nitrogens with one attached hydrogen (secondary N) is 1. The molecule has 0 saturated carbocycles. The van der Waals surface area contributed by atoms with E-state index in [9.17, 15) is 22.5 Å². The lowest BCUT2D eigenvalue weighted by Crippen LogP contribution is -2.53. The molecule has 0 aromatic rings. The predicted molar refractivity (Wildman–Crippen MR) is 126 cm³/mol. The van der Waals surface area contributed by atoms with E-state index in [-0.39, 0.29) is 31.5 Å². The van der Waals surface area contributed by atoms with Crippen LogP contribution in [0, 0.1) is 11.3 Å². The fourth-order valence-corrected chi connectivity index (χ4v) is 6.38. The minimum absolute atomic E-state index is 0.0347. The van der Waals surface area contributed by atoms with Crippen molar-refractivity contribution in [2.75, 3.05) is 19.9 Å². The molecule has 0 aromatic heterocycles. The number of ether oxygens (including phenoxy) is 1. The highest BCUT2D eigenvalue weighted by atomic mass is 31.2. The average Bonchev–Trinajstić information content (AvgIpc) is 3.03. The second kappa shape index (κ2) is 13.0. The average molecular weight is 527 g/mol. The first-order chi connectivity index (χ1) is 15.5. The second-order valence-corrected chi connectivity index (χ2v) is 14.3. The topological polar surface area (TPSA) is 101 Å². The maximum Gasteiger partial charge on any atom is 0.471 e. The molecular weight excluding hydrogens is 492 g/mol. The van der Waals surface area contributed by atoms with Crippen LogP contribution in [-0.2, 0) is 23.1 Å². The van der Waals surface area contributed by atoms with Gasteiger partial charge in [-0.05, 0) is 41.0 Å². The van der Waals surface area contributed by atoms with E-state index in [1.165, 1.54) is 20.3 Å². The Morgan fingerprint density at radius 3 is 2.29 bits per heavy atom. The number of carbonyl (C=O) groups is 1. The van der Waals surface area contributed by atoms with Crippen molar-refractivity contribution in [2.24, 2.45) is 0 Å². The number of hydrogen-bond acceptors (Lipinski definition) is 7. The Hall–Kier alpha value is -0.685. The van der Waals surface area contributed by atoms with E-state index in [0.29, 0.717) is 0 Å². The number of nitriles is 1. The number of amides is 1. The molecule has 8 nitrogen and oxygen atoms in total. The van der Waals surface area contributed by atoms with Gasteiger partial charge in [0.25, 0.3) is 8.53 Å². The van der Waals surface area contributed by atoms with Crippen LogP contribution in [0.5, 0.6) is 0 Å². The SMILES string of the molecule is [B][C@@H]1O[C@H](C(NC(=O)C(F)(F)F)C(C)P(C)(C)=O)C[C@@H]1OP(OCCC#N)N(C(C)C)C(C)C. The molecule has 1 aliphatic heterocycles. The summed E-state index contributed by atoms with van der Waals surface area (Å²) < 4.78 is 71.3. The highest BCUT2D eigenvalue weighted by molar-refractivity contribution is 7.63. The van der Waals surface area contributed by atoms with Crippen LogP contribution in [0.3, 0.4) is 0 Å². The van der Waals surface area contributed by atoms with E-state index >= 15 is 0 Å². The van der Waals surface area contributed by atoms with E-state index in [1.54, 1.807) is 0 Å². The Labute approximate surface area is 203 Å². The molecule has 2 radical (unpaired) electrons. The van der Waals surface area contributed by atoms with Gasteiger partial charge in [0.05, 0.1) is 44.5 Å². The fourth-order valence-electron chi connectivity index (χ4n) is 3.60. The summed E-state index contributed by atoms with van der Waals surface area (Å²) in [7, 11) is 1.55. The summed E-state index contributed by atoms with van der Waals surface area (Å²) in [5, 5.41) is 10.8. The van der Waals surface area contributed by atoms with Crippen LogP contribution >= 0.6 is 15.7 Å². The Morgan fingerprint density at radius 1 is 1.29 bits per heavy atom. The summed E-state index contributed by atoms with van der Waals surface area (Å²) in [6.07, 6.45) is -6.56. The van der Waals surface area contributed by atoms with Gasteiger partial charge in [-0.25, -0.2) is 4.67 Å². The van der Waals surface area contributed by atoms with Crippen molar-refractivity contribution < 1.29 is 36.3 Å². The zero-order valence-corrected chi connectivity index (χ0v) is 22.5. The van der Waals surface area contributed by atoms with Gasteiger partial charge in [-0.3, -0.25) is 4.79 Å². The van der Waals surface area contributed by atoms with Crippen LogP contribution in [0.1, 0.15) is 47.5 Å². The Morgan fingerprint density at radius 2 is 1.85 bits per heavy atom. The molecule has 194 valence electrons. The molecule has 0 aliphatic carbocycles. The highest BCUT2D eigenvalue weighted by Crippen LogP contribution is 2.50. The van der Waals surface area contributed by atoms with Gasteiger partial charge in [0.2, 0.25) is 0 Å². The fraction of sp³-hybridized carbons (Fsp3) is 0.900. The summed E-state index contributed by atoms with van der Waals surface area (Å²) in [6, 6.07) is -0.113. The number of rotatable bonds is 12. The number of alkyl halides is 3. The summed E-state index contributed by atoms with van der Waals surface area (Å²) in [6.45, 7) is 12.4. The molecule has 1 heterocycles. The van der Waals surface area contributed by atoms with Gasteiger partial charge in [-0.15, -0.1) is 0 Å². The quantitative estimate of drug-likeness (QED) is 0.233. The van der Waals surface area contributed by atoms with Crippen LogP contribution in [0.25, 0.3) is 0 Å². The Kier molecular flexibility index (Phi) is 12.0. The van der Waals surface area contributed by atoms with Gasteiger partial charge in [0.15, 0.2) is 0 Å². The third-order valence-electron chi connectivity index (χ3n) is 5.51. The van der Waals surface area contributed by atoms with E-state index in [4.69, 9.17) is 26.9 Å². The molecule has 0 aromatic carbocycles. The van der Waals surface area contributed by atoms with Gasteiger partial charge in [-0.2, -0.15) is 18.4 Å². The molecule has 3 unspecified atom stereocenters. The zero-order chi connectivity index (χ0) is 26.4. The van der Waals surface area contributed by atoms with Crippen molar-refractivity contribution in [3.63, 3.8) is 0 Å². The lowest BCUT2D eigenvalue weighted by Gasteiger charge is -2.37. The first kappa shape index (κ1) is 31.3. The Bertz CT molecular complexity index is 755. The van der Waals surface area contributed by atoms with E-state index in [2.05, 4.69) is 0 Å². The number of hydrogen-bond donors (Lipinski definition) is 1. The first-order valence-corrected chi connectivity index (χ1v) is 14.9. The van der Waals surface area contributed by atoms with E-state index < -0.39 is 57.7 Å². The predicted octanol–water partition coefficient (Wildman–Crippen LogP) is 3.99. The number of halogens is 3. The van der Waals surface area contributed by atoms with Crippen molar-refractivity contribution in [3.8, 4) is 6.07 Å². The summed E-state index contributed by atoms with van der Waals surface area (Å²) in [5.74, 6) is -2.13. The normalized spacial score (nSPS) is 24.3. The van der Waals surface area contributed by atoms with Crippen LogP contribution in [0.4, 0.5) is 13.2 Å². The molecule has 1 aliphatic rings. The number of nitrogens with zero attached hydrogens (tertiary/aromatic N) is 2. The monoisotopic (exact) mass is 527 g/mol. The van der Waals surface area contributed by atoms with E-state index in [0.717, 1.165) is 0 Å². The van der Waals surface area contributed by atoms with Gasteiger partial charge < -0.3 is 23.7 Å². The molecular formula is C20H35BF3N3O5P2. The third-order valence-corrected chi connectivity index (χ3v) is 9.95. The van der Waals surface area contributed by atoms with Gasteiger partial charge >= 0.3 is 12.1 Å². The van der Waals surface area contributed by atoms with E-state index in [1.807, 2.05) is 43.8 Å². The van der Waals surface area contributed by atoms with Crippen LogP contribution in [-0.4, -0.2) is 86.5 Å². The molecule has 1 saturated heterocycles. The second-order valence-electron chi connectivity index (χ2n) is 9.24. The smallest absolute Gasteiger partial charge is 0.380 e. The van der Waals surface area contributed by atoms with Crippen molar-refractivity contribution >= 4 is 29.4 Å². The van der Waals surface area contributed by atoms with Crippen molar-refractivity contribution in [3.05, 3.63) is 0 Å². The summed E-state index contributed by atoms with van der Waals surface area (Å²) >= 11 is 0. The van der Waals surface area contributed by atoms with Crippen LogP contribution in [0.2, 0.25) is 0 Å². The Balaban J connectivity index is 3.13. The molecule has 1 rings (SSSR count). The molecule has 1 fully saturated rings. The summed E-state index contributed by atoms with van der Waals surface area (Å²) in [5.41, 5.74) is -0.800. The van der Waals surface area contributed by atoms with Crippen LogP contribution < -0.4 is 5.32 Å². The summed E-state index contributed by atoms with van der Waals surface area (Å²) in [4.78, 5) is 11.7. The molecule has 0 bridgehead atoms. The standard InChI is InChI=1S/C20H35BF3N3O5P2/c1-12(2)27(13(3)4)33(30-10-8-9-25)32-16-11-15(31-18(16)21)17(14(5)34(6,7)29)26-19(28)20(22,23)24/h12-18H,8,10-11H2,1-7H3,(H,26,28)/t14?,15-,16-,17?,18+,33?/m0/s1. The van der Waals surface area contributed by atoms with Crippen molar-refractivity contribution in [1.82, 2.24) is 9.99 Å². The number of carbonyl (C=O) groups excluding carboxylic acids is 1. The molecule has 1 N–H and O–H groups in total. The lowest BCUT2D eigenvalue weighted by molar-refractivity contribution is -0.175. The molecule has 0 spiro atoms. The molecule has 1 amide bonds. The van der Waals surface area contributed by atoms with Crippen molar-refractivity contribution in [2.45, 2.75) is 95.6 Å². The lowest BCUT2D eigenvalue weighted by atomic mass is 9.93. The largest absolute Gasteiger partial charge is 0.471 e. The third kappa shape index (κ3) is 9.07. The maximum absolute atomic E-state index is 13.0. The molecule has 34 heavy (non-hydrogen) atoms. The molecule has 14 heteroatoms. The van der Waals surface area contributed by atoms with Gasteiger partial charge in [-0.1, -0.05) is 6.92 Å². The van der Waals surface area contributed by atoms with Crippen LogP contribution in [0.15, 0.2) is 0 Å². The van der Waals surface area contributed by atoms with Gasteiger partial charge in [0, 0.05) is 30.2 Å². The van der Waals surface area contributed by atoms with Gasteiger partial charge in [0.1, 0.15) is 7.85 Å². The minimum atomic E-state index is -5.10. The zero-order valence-electron chi connectivity index (χ0n) is 20.7. The van der Waals surface area contributed by atoms with Crippen molar-refractivity contribution in [1.29, 1.82) is 5.26 Å². The first-order valence-electron chi connectivity index (χ1n) is 11.1. The highest BCUT2D eigenvalue weighted by Gasteiger charge is 2.47. The molecule has 6 atom stereocenters.